The van der Waals surface area contributed by atoms with Gasteiger partial charge >= 0.3 is 0 Å². The molecule has 4 aromatic rings. The van der Waals surface area contributed by atoms with Crippen LogP contribution in [0.2, 0.25) is 0 Å². The van der Waals surface area contributed by atoms with Crippen LogP contribution in [0.25, 0.3) is 22.6 Å². The second-order valence-corrected chi connectivity index (χ2v) is 7.54. The fourth-order valence-electron chi connectivity index (χ4n) is 3.94. The lowest BCUT2D eigenvalue weighted by atomic mass is 10.0. The maximum Gasteiger partial charge on any atom is 0.255 e. The van der Waals surface area contributed by atoms with Gasteiger partial charge in [-0.05, 0) is 36.4 Å². The molecule has 5 rings (SSSR count). The molecule has 3 aromatic heterocycles. The Kier molecular flexibility index (Phi) is 5.05. The molecule has 0 aliphatic carbocycles. The van der Waals surface area contributed by atoms with Gasteiger partial charge in [0.25, 0.3) is 5.56 Å². The molecule has 0 saturated heterocycles. The second-order valence-electron chi connectivity index (χ2n) is 7.54. The topological polar surface area (TPSA) is 99.8 Å². The Hall–Kier alpha value is -3.78. The zero-order valence-corrected chi connectivity index (χ0v) is 17.1. The first-order chi connectivity index (χ1) is 15.2. The number of ether oxygens (including phenoxy) is 1. The molecule has 0 bridgehead atoms. The molecule has 156 valence electrons. The smallest absolute Gasteiger partial charge is 0.255 e. The van der Waals surface area contributed by atoms with Crippen molar-refractivity contribution in [1.82, 2.24) is 30.0 Å². The van der Waals surface area contributed by atoms with Gasteiger partial charge in [0.2, 0.25) is 0 Å². The predicted octanol–water partition coefficient (Wildman–Crippen LogP) is 2.79. The number of benzene rings is 1. The molecule has 0 spiro atoms. The van der Waals surface area contributed by atoms with Crippen LogP contribution in [-0.2, 0) is 19.5 Å². The van der Waals surface area contributed by atoms with Gasteiger partial charge in [0.15, 0.2) is 0 Å². The number of rotatable bonds is 5. The quantitative estimate of drug-likeness (QED) is 0.521. The number of nitrogens with zero attached hydrogens (tertiary/aromatic N) is 4. The molecular formula is C23H22N6O2. The number of aromatic nitrogens is 5. The van der Waals surface area contributed by atoms with Crippen molar-refractivity contribution in [1.29, 1.82) is 0 Å². The van der Waals surface area contributed by atoms with Gasteiger partial charge in [-0.15, -0.1) is 0 Å². The summed E-state index contributed by atoms with van der Waals surface area (Å²) in [4.78, 5) is 26.7. The summed E-state index contributed by atoms with van der Waals surface area (Å²) in [6, 6.07) is 11.6. The third-order valence-corrected chi connectivity index (χ3v) is 5.59. The second kappa shape index (κ2) is 8.16. The average Bonchev–Trinajstić information content (AvgIpc) is 3.28. The van der Waals surface area contributed by atoms with Gasteiger partial charge in [-0.3, -0.25) is 19.8 Å². The number of pyridine rings is 1. The Bertz CT molecular complexity index is 1250. The maximum absolute atomic E-state index is 12.8. The van der Waals surface area contributed by atoms with Gasteiger partial charge < -0.3 is 9.72 Å². The molecular weight excluding hydrogens is 392 g/mol. The van der Waals surface area contributed by atoms with E-state index in [0.29, 0.717) is 18.9 Å². The van der Waals surface area contributed by atoms with E-state index in [1.165, 1.54) is 0 Å². The highest BCUT2D eigenvalue weighted by molar-refractivity contribution is 5.63. The zero-order valence-electron chi connectivity index (χ0n) is 17.1. The van der Waals surface area contributed by atoms with Gasteiger partial charge in [-0.1, -0.05) is 0 Å². The monoisotopic (exact) mass is 414 g/mol. The van der Waals surface area contributed by atoms with Crippen molar-refractivity contribution in [3.05, 3.63) is 82.2 Å². The SMILES string of the molecule is COc1ccc(-c2[nH]ncc2CN2CCc3nc(-c4ccncc4)[nH]c(=O)c3C2)cc1. The van der Waals surface area contributed by atoms with Crippen LogP contribution in [-0.4, -0.2) is 43.7 Å². The van der Waals surface area contributed by atoms with Crippen LogP contribution in [0.5, 0.6) is 5.75 Å². The predicted molar refractivity (Wildman–Crippen MR) is 116 cm³/mol. The number of nitrogens with one attached hydrogen (secondary N) is 2. The number of H-pyrrole nitrogens is 2. The van der Waals surface area contributed by atoms with E-state index in [-0.39, 0.29) is 5.56 Å². The minimum atomic E-state index is -0.0796. The molecule has 8 nitrogen and oxygen atoms in total. The van der Waals surface area contributed by atoms with Crippen molar-refractivity contribution >= 4 is 0 Å². The summed E-state index contributed by atoms with van der Waals surface area (Å²) in [6.07, 6.45) is 5.97. The standard InChI is InChI=1S/C23H22N6O2/c1-31-18-4-2-15(3-5-18)21-17(12-25-28-21)13-29-11-8-20-19(14-29)23(30)27-22(26-20)16-6-9-24-10-7-16/h2-7,9-10,12H,8,11,13-14H2,1H3,(H,25,28)(H,26,27,30). The maximum atomic E-state index is 12.8. The highest BCUT2D eigenvalue weighted by Gasteiger charge is 2.23. The van der Waals surface area contributed by atoms with Crippen LogP contribution in [0.3, 0.4) is 0 Å². The van der Waals surface area contributed by atoms with E-state index in [4.69, 9.17) is 9.72 Å². The molecule has 4 heterocycles. The van der Waals surface area contributed by atoms with Crippen LogP contribution in [0, 0.1) is 0 Å². The number of methoxy groups -OCH3 is 1. The minimum absolute atomic E-state index is 0.0796. The fraction of sp³-hybridized carbons (Fsp3) is 0.217. The first-order valence-electron chi connectivity index (χ1n) is 10.1. The average molecular weight is 414 g/mol. The molecule has 1 aromatic carbocycles. The molecule has 0 amide bonds. The van der Waals surface area contributed by atoms with Gasteiger partial charge in [0.1, 0.15) is 11.6 Å². The van der Waals surface area contributed by atoms with E-state index < -0.39 is 0 Å². The zero-order chi connectivity index (χ0) is 21.2. The van der Waals surface area contributed by atoms with Crippen LogP contribution < -0.4 is 10.3 Å². The van der Waals surface area contributed by atoms with Crippen molar-refractivity contribution in [2.45, 2.75) is 19.5 Å². The molecule has 1 aliphatic heterocycles. The summed E-state index contributed by atoms with van der Waals surface area (Å²) >= 11 is 0. The molecule has 1 aliphatic rings. The van der Waals surface area contributed by atoms with Crippen LogP contribution in [0.1, 0.15) is 16.8 Å². The van der Waals surface area contributed by atoms with E-state index in [9.17, 15) is 4.79 Å². The molecule has 0 unspecified atom stereocenters. The first kappa shape index (κ1) is 19.2. The van der Waals surface area contributed by atoms with Crippen molar-refractivity contribution in [2.24, 2.45) is 0 Å². The van der Waals surface area contributed by atoms with E-state index >= 15 is 0 Å². The molecule has 0 atom stereocenters. The number of hydrogen-bond acceptors (Lipinski definition) is 6. The lowest BCUT2D eigenvalue weighted by Crippen LogP contribution is -2.35. The number of fused-ring (bicyclic) bond motifs is 1. The summed E-state index contributed by atoms with van der Waals surface area (Å²) in [7, 11) is 1.65. The summed E-state index contributed by atoms with van der Waals surface area (Å²) < 4.78 is 5.24. The van der Waals surface area contributed by atoms with Crippen molar-refractivity contribution in [2.75, 3.05) is 13.7 Å². The van der Waals surface area contributed by atoms with Gasteiger partial charge in [0.05, 0.1) is 30.3 Å². The number of aromatic amines is 2. The summed E-state index contributed by atoms with van der Waals surface area (Å²) in [5.41, 5.74) is 5.50. The largest absolute Gasteiger partial charge is 0.497 e. The molecule has 0 saturated carbocycles. The molecule has 0 fully saturated rings. The summed E-state index contributed by atoms with van der Waals surface area (Å²) in [5, 5.41) is 7.35. The Morgan fingerprint density at radius 3 is 2.68 bits per heavy atom. The van der Waals surface area contributed by atoms with Crippen molar-refractivity contribution < 1.29 is 4.74 Å². The van der Waals surface area contributed by atoms with Crippen molar-refractivity contribution in [3.8, 4) is 28.4 Å². The van der Waals surface area contributed by atoms with Crippen LogP contribution >= 0.6 is 0 Å². The lowest BCUT2D eigenvalue weighted by molar-refractivity contribution is 0.242. The lowest BCUT2D eigenvalue weighted by Gasteiger charge is -2.27. The summed E-state index contributed by atoms with van der Waals surface area (Å²) in [6.45, 7) is 2.08. The first-order valence-corrected chi connectivity index (χ1v) is 10.1. The third-order valence-electron chi connectivity index (χ3n) is 5.59. The Labute approximate surface area is 179 Å². The van der Waals surface area contributed by atoms with E-state index in [1.54, 1.807) is 19.5 Å². The highest BCUT2D eigenvalue weighted by Crippen LogP contribution is 2.26. The summed E-state index contributed by atoms with van der Waals surface area (Å²) in [5.74, 6) is 1.41. The molecule has 8 heteroatoms. The normalized spacial score (nSPS) is 13.7. The molecule has 0 radical (unpaired) electrons. The Morgan fingerprint density at radius 2 is 1.90 bits per heavy atom. The van der Waals surface area contributed by atoms with E-state index in [0.717, 1.165) is 52.4 Å². The Balaban J connectivity index is 1.36. The highest BCUT2D eigenvalue weighted by atomic mass is 16.5. The van der Waals surface area contributed by atoms with Gasteiger partial charge in [-0.2, -0.15) is 5.10 Å². The Morgan fingerprint density at radius 1 is 1.10 bits per heavy atom. The number of hydrogen-bond donors (Lipinski definition) is 2. The third kappa shape index (κ3) is 3.85. The minimum Gasteiger partial charge on any atom is -0.497 e. The van der Waals surface area contributed by atoms with Gasteiger partial charge in [-0.25, -0.2) is 4.98 Å². The van der Waals surface area contributed by atoms with Crippen molar-refractivity contribution in [3.63, 3.8) is 0 Å². The molecule has 2 N–H and O–H groups in total. The van der Waals surface area contributed by atoms with Gasteiger partial charge in [0, 0.05) is 55.1 Å². The van der Waals surface area contributed by atoms with E-state index in [2.05, 4.69) is 25.1 Å². The van der Waals surface area contributed by atoms with E-state index in [1.807, 2.05) is 42.6 Å². The van der Waals surface area contributed by atoms with Crippen LogP contribution in [0.4, 0.5) is 0 Å². The fourth-order valence-corrected chi connectivity index (χ4v) is 3.94. The van der Waals surface area contributed by atoms with Crippen LogP contribution in [0.15, 0.2) is 59.8 Å². The molecule has 31 heavy (non-hydrogen) atoms.